The van der Waals surface area contributed by atoms with E-state index in [1.165, 1.54) is 17.8 Å². The van der Waals surface area contributed by atoms with Crippen LogP contribution in [0, 0.1) is 11.7 Å². The van der Waals surface area contributed by atoms with Crippen molar-refractivity contribution in [2.24, 2.45) is 5.92 Å². The van der Waals surface area contributed by atoms with Crippen molar-refractivity contribution in [3.05, 3.63) is 59.9 Å². The van der Waals surface area contributed by atoms with Gasteiger partial charge in [0.1, 0.15) is 5.82 Å². The zero-order chi connectivity index (χ0) is 20.9. The van der Waals surface area contributed by atoms with Crippen LogP contribution in [-0.4, -0.2) is 62.0 Å². The SMILES string of the molecule is CN1CCN(c2ccc(NC(=O)C3CCN(Cc4ccc(F)cc4)CC3)cc2)CC1. The Bertz CT molecular complexity index is 823. The second kappa shape index (κ2) is 9.58. The van der Waals surface area contributed by atoms with Crippen LogP contribution in [0.3, 0.4) is 0 Å². The highest BCUT2D eigenvalue weighted by atomic mass is 19.1. The molecule has 1 amide bonds. The molecule has 0 saturated carbocycles. The Kier molecular flexibility index (Phi) is 6.65. The lowest BCUT2D eigenvalue weighted by Gasteiger charge is -2.34. The highest BCUT2D eigenvalue weighted by Crippen LogP contribution is 2.23. The molecule has 0 atom stereocenters. The van der Waals surface area contributed by atoms with Gasteiger partial charge in [-0.15, -0.1) is 0 Å². The van der Waals surface area contributed by atoms with Crippen molar-refractivity contribution in [3.8, 4) is 0 Å². The van der Waals surface area contributed by atoms with Gasteiger partial charge in [-0.05, 0) is 74.9 Å². The summed E-state index contributed by atoms with van der Waals surface area (Å²) in [5.74, 6) is -0.0405. The molecule has 2 aliphatic heterocycles. The molecule has 0 bridgehead atoms. The van der Waals surface area contributed by atoms with Gasteiger partial charge < -0.3 is 15.1 Å². The number of nitrogens with one attached hydrogen (secondary N) is 1. The number of hydrogen-bond acceptors (Lipinski definition) is 4. The molecule has 1 N–H and O–H groups in total. The first-order valence-electron chi connectivity index (χ1n) is 10.9. The molecule has 0 spiro atoms. The summed E-state index contributed by atoms with van der Waals surface area (Å²) < 4.78 is 13.1. The van der Waals surface area contributed by atoms with E-state index >= 15 is 0 Å². The third kappa shape index (κ3) is 5.37. The van der Waals surface area contributed by atoms with Gasteiger partial charge in [0.05, 0.1) is 0 Å². The smallest absolute Gasteiger partial charge is 0.227 e. The van der Waals surface area contributed by atoms with Gasteiger partial charge in [-0.3, -0.25) is 9.69 Å². The van der Waals surface area contributed by atoms with Crippen LogP contribution < -0.4 is 10.2 Å². The van der Waals surface area contributed by atoms with Crippen LogP contribution in [0.2, 0.25) is 0 Å². The standard InChI is InChI=1S/C24H31FN4O/c1-27-14-16-29(17-15-27)23-8-6-22(7-9-23)26-24(30)20-10-12-28(13-11-20)18-19-2-4-21(25)5-3-19/h2-9,20H,10-18H2,1H3,(H,26,30). The normalized spacial score (nSPS) is 19.1. The molecule has 0 radical (unpaired) electrons. The predicted octanol–water partition coefficient (Wildman–Crippen LogP) is 3.43. The maximum atomic E-state index is 13.1. The third-order valence-electron chi connectivity index (χ3n) is 6.28. The highest BCUT2D eigenvalue weighted by molar-refractivity contribution is 5.92. The summed E-state index contributed by atoms with van der Waals surface area (Å²) in [6.45, 7) is 6.83. The fraction of sp³-hybridized carbons (Fsp3) is 0.458. The summed E-state index contributed by atoms with van der Waals surface area (Å²) in [5.41, 5.74) is 3.20. The Morgan fingerprint density at radius 1 is 0.933 bits per heavy atom. The van der Waals surface area contributed by atoms with Gasteiger partial charge in [0, 0.05) is 50.0 Å². The van der Waals surface area contributed by atoms with Gasteiger partial charge in [-0.1, -0.05) is 12.1 Å². The zero-order valence-corrected chi connectivity index (χ0v) is 17.7. The number of amides is 1. The summed E-state index contributed by atoms with van der Waals surface area (Å²) in [5, 5.41) is 3.09. The number of carbonyl (C=O) groups is 1. The average Bonchev–Trinajstić information content (AvgIpc) is 2.77. The Hall–Kier alpha value is -2.44. The summed E-state index contributed by atoms with van der Waals surface area (Å²) in [4.78, 5) is 19.8. The van der Waals surface area contributed by atoms with Crippen LogP contribution in [0.1, 0.15) is 18.4 Å². The number of likely N-dealkylation sites (tertiary alicyclic amines) is 1. The molecule has 160 valence electrons. The summed E-state index contributed by atoms with van der Waals surface area (Å²) >= 11 is 0. The number of hydrogen-bond donors (Lipinski definition) is 1. The maximum absolute atomic E-state index is 13.1. The first kappa shape index (κ1) is 20.8. The summed E-state index contributed by atoms with van der Waals surface area (Å²) in [6.07, 6.45) is 1.71. The molecule has 30 heavy (non-hydrogen) atoms. The molecular formula is C24H31FN4O. The minimum atomic E-state index is -0.203. The van der Waals surface area contributed by atoms with Gasteiger partial charge in [0.15, 0.2) is 0 Å². The molecule has 2 saturated heterocycles. The lowest BCUT2D eigenvalue weighted by molar-refractivity contribution is -0.121. The number of carbonyl (C=O) groups excluding carboxylic acids is 1. The largest absolute Gasteiger partial charge is 0.369 e. The molecule has 2 fully saturated rings. The molecule has 0 aliphatic carbocycles. The van der Waals surface area contributed by atoms with Crippen molar-refractivity contribution in [2.75, 3.05) is 56.5 Å². The Morgan fingerprint density at radius 3 is 2.20 bits per heavy atom. The third-order valence-corrected chi connectivity index (χ3v) is 6.28. The number of halogens is 1. The maximum Gasteiger partial charge on any atom is 0.227 e. The zero-order valence-electron chi connectivity index (χ0n) is 17.7. The van der Waals surface area contributed by atoms with Gasteiger partial charge in [-0.25, -0.2) is 4.39 Å². The van der Waals surface area contributed by atoms with Crippen LogP contribution in [0.15, 0.2) is 48.5 Å². The predicted molar refractivity (Wildman–Crippen MR) is 119 cm³/mol. The molecular weight excluding hydrogens is 379 g/mol. The monoisotopic (exact) mass is 410 g/mol. The van der Waals surface area contributed by atoms with Crippen molar-refractivity contribution >= 4 is 17.3 Å². The quantitative estimate of drug-likeness (QED) is 0.820. The Balaban J connectivity index is 1.24. The van der Waals surface area contributed by atoms with Crippen LogP contribution in [0.5, 0.6) is 0 Å². The minimum Gasteiger partial charge on any atom is -0.369 e. The summed E-state index contributed by atoms with van der Waals surface area (Å²) in [7, 11) is 2.16. The fourth-order valence-corrected chi connectivity index (χ4v) is 4.27. The fourth-order valence-electron chi connectivity index (χ4n) is 4.27. The average molecular weight is 411 g/mol. The molecule has 2 aliphatic rings. The van der Waals surface area contributed by atoms with E-state index in [4.69, 9.17) is 0 Å². The molecule has 4 rings (SSSR count). The molecule has 6 heteroatoms. The van der Waals surface area contributed by atoms with Crippen molar-refractivity contribution in [2.45, 2.75) is 19.4 Å². The minimum absolute atomic E-state index is 0.0479. The van der Waals surface area contributed by atoms with Crippen LogP contribution in [0.4, 0.5) is 15.8 Å². The second-order valence-corrected chi connectivity index (χ2v) is 8.50. The lowest BCUT2D eigenvalue weighted by Crippen LogP contribution is -2.44. The number of rotatable bonds is 5. The highest BCUT2D eigenvalue weighted by Gasteiger charge is 2.25. The van der Waals surface area contributed by atoms with E-state index in [1.54, 1.807) is 0 Å². The van der Waals surface area contributed by atoms with E-state index in [0.29, 0.717) is 0 Å². The van der Waals surface area contributed by atoms with Gasteiger partial charge in [0.25, 0.3) is 0 Å². The molecule has 2 aromatic rings. The number of piperazine rings is 1. The number of anilines is 2. The van der Waals surface area contributed by atoms with E-state index in [0.717, 1.165) is 69.9 Å². The van der Waals surface area contributed by atoms with Crippen LogP contribution in [0.25, 0.3) is 0 Å². The number of piperidine rings is 1. The van der Waals surface area contributed by atoms with E-state index in [2.05, 4.69) is 39.2 Å². The van der Waals surface area contributed by atoms with E-state index < -0.39 is 0 Å². The van der Waals surface area contributed by atoms with Crippen molar-refractivity contribution in [3.63, 3.8) is 0 Å². The first-order valence-corrected chi connectivity index (χ1v) is 10.9. The van der Waals surface area contributed by atoms with Crippen molar-refractivity contribution < 1.29 is 9.18 Å². The van der Waals surface area contributed by atoms with Crippen molar-refractivity contribution in [1.29, 1.82) is 0 Å². The number of benzene rings is 2. The molecule has 0 unspecified atom stereocenters. The topological polar surface area (TPSA) is 38.8 Å². The van der Waals surface area contributed by atoms with E-state index in [-0.39, 0.29) is 17.6 Å². The lowest BCUT2D eigenvalue weighted by atomic mass is 9.95. The van der Waals surface area contributed by atoms with Crippen LogP contribution >= 0.6 is 0 Å². The first-order chi connectivity index (χ1) is 14.6. The summed E-state index contributed by atoms with van der Waals surface area (Å²) in [6, 6.07) is 14.9. The van der Waals surface area contributed by atoms with Gasteiger partial charge in [0.2, 0.25) is 5.91 Å². The van der Waals surface area contributed by atoms with Gasteiger partial charge in [-0.2, -0.15) is 0 Å². The number of likely N-dealkylation sites (N-methyl/N-ethyl adjacent to an activating group) is 1. The van der Waals surface area contributed by atoms with E-state index in [9.17, 15) is 9.18 Å². The Morgan fingerprint density at radius 2 is 1.57 bits per heavy atom. The van der Waals surface area contributed by atoms with Gasteiger partial charge >= 0.3 is 0 Å². The Labute approximate surface area is 178 Å². The van der Waals surface area contributed by atoms with E-state index in [1.807, 2.05) is 24.3 Å². The second-order valence-electron chi connectivity index (χ2n) is 8.50. The molecule has 0 aromatic heterocycles. The molecule has 2 heterocycles. The van der Waals surface area contributed by atoms with Crippen LogP contribution in [-0.2, 0) is 11.3 Å². The molecule has 5 nitrogen and oxygen atoms in total. The van der Waals surface area contributed by atoms with Crippen molar-refractivity contribution in [1.82, 2.24) is 9.80 Å². The number of nitrogens with zero attached hydrogens (tertiary/aromatic N) is 3. The molecule has 2 aromatic carbocycles.